The Morgan fingerprint density at radius 2 is 1.00 bits per heavy atom. The van der Waals surface area contributed by atoms with Gasteiger partial charge in [-0.25, -0.2) is 0 Å². The van der Waals surface area contributed by atoms with Crippen molar-refractivity contribution in [1.29, 1.82) is 0 Å². The molecule has 0 radical (unpaired) electrons. The van der Waals surface area contributed by atoms with Crippen LogP contribution in [0, 0.1) is 27.7 Å². The summed E-state index contributed by atoms with van der Waals surface area (Å²) in [5.74, 6) is -1.88. The molecule has 10 heteroatoms. The standard InChI is InChI=1S/C20H24N6O2S2/c1-11-5-7-13(3)15(9-11)21-19(29)25-23-17(27)18(28)24-26-20(30)22-16-10-12(2)6-8-14(16)4/h5-10H,1-4H3,(H,23,27)(H,24,28)(H2,21,25,29)(H2,22,26,30). The molecule has 0 bridgehead atoms. The zero-order valence-electron chi connectivity index (χ0n) is 17.1. The molecule has 0 heterocycles. The summed E-state index contributed by atoms with van der Waals surface area (Å²) < 4.78 is 0. The molecule has 2 aromatic rings. The molecule has 0 aromatic heterocycles. The second-order valence-corrected chi connectivity index (χ2v) is 7.52. The highest BCUT2D eigenvalue weighted by Crippen LogP contribution is 2.16. The Kier molecular flexibility index (Phi) is 8.07. The number of carbonyl (C=O) groups is 2. The van der Waals surface area contributed by atoms with Gasteiger partial charge in [-0.1, -0.05) is 24.3 Å². The summed E-state index contributed by atoms with van der Waals surface area (Å²) in [4.78, 5) is 23.8. The molecule has 0 aliphatic carbocycles. The molecule has 0 spiro atoms. The lowest BCUT2D eigenvalue weighted by Crippen LogP contribution is -2.53. The van der Waals surface area contributed by atoms with Crippen LogP contribution in [-0.4, -0.2) is 22.0 Å². The van der Waals surface area contributed by atoms with Crippen LogP contribution in [0.15, 0.2) is 36.4 Å². The predicted octanol–water partition coefficient (Wildman–Crippen LogP) is 2.26. The van der Waals surface area contributed by atoms with Crippen LogP contribution in [0.2, 0.25) is 0 Å². The molecule has 6 N–H and O–H groups in total. The van der Waals surface area contributed by atoms with E-state index in [1.165, 1.54) is 0 Å². The molecule has 0 atom stereocenters. The van der Waals surface area contributed by atoms with Gasteiger partial charge < -0.3 is 10.6 Å². The van der Waals surface area contributed by atoms with Crippen LogP contribution in [0.1, 0.15) is 22.3 Å². The van der Waals surface area contributed by atoms with Gasteiger partial charge in [0.1, 0.15) is 0 Å². The number of hydrogen-bond donors (Lipinski definition) is 6. The number of benzene rings is 2. The maximum atomic E-state index is 11.9. The predicted molar refractivity (Wildman–Crippen MR) is 127 cm³/mol. The highest BCUT2D eigenvalue weighted by Gasteiger charge is 2.14. The van der Waals surface area contributed by atoms with Gasteiger partial charge in [0.25, 0.3) is 0 Å². The Bertz CT molecular complexity index is 914. The fourth-order valence-corrected chi connectivity index (χ4v) is 2.71. The van der Waals surface area contributed by atoms with Gasteiger partial charge in [0.05, 0.1) is 0 Å². The van der Waals surface area contributed by atoms with Crippen molar-refractivity contribution in [2.24, 2.45) is 0 Å². The summed E-state index contributed by atoms with van der Waals surface area (Å²) in [6.45, 7) is 7.77. The number of hydrazine groups is 2. The van der Waals surface area contributed by atoms with Crippen molar-refractivity contribution in [2.75, 3.05) is 10.6 Å². The van der Waals surface area contributed by atoms with Crippen molar-refractivity contribution < 1.29 is 9.59 Å². The molecule has 2 amide bonds. The Balaban J connectivity index is 1.77. The number of rotatable bonds is 2. The zero-order chi connectivity index (χ0) is 22.3. The highest BCUT2D eigenvalue weighted by atomic mass is 32.1. The van der Waals surface area contributed by atoms with Gasteiger partial charge >= 0.3 is 11.8 Å². The lowest BCUT2D eigenvalue weighted by atomic mass is 10.1. The largest absolute Gasteiger partial charge is 0.331 e. The number of carbonyl (C=O) groups excluding carboxylic acids is 2. The van der Waals surface area contributed by atoms with E-state index in [2.05, 4.69) is 32.3 Å². The zero-order valence-corrected chi connectivity index (χ0v) is 18.7. The number of aryl methyl sites for hydroxylation is 4. The van der Waals surface area contributed by atoms with Crippen molar-refractivity contribution in [3.05, 3.63) is 58.7 Å². The van der Waals surface area contributed by atoms with E-state index in [0.717, 1.165) is 33.6 Å². The molecule has 8 nitrogen and oxygen atoms in total. The minimum atomic E-state index is -0.942. The molecular weight excluding hydrogens is 420 g/mol. The first-order chi connectivity index (χ1) is 14.2. The van der Waals surface area contributed by atoms with Crippen LogP contribution in [-0.2, 0) is 9.59 Å². The van der Waals surface area contributed by atoms with E-state index in [0.29, 0.717) is 0 Å². The third kappa shape index (κ3) is 6.98. The lowest BCUT2D eigenvalue weighted by molar-refractivity contribution is -0.139. The quantitative estimate of drug-likeness (QED) is 0.238. The fraction of sp³-hybridized carbons (Fsp3) is 0.200. The summed E-state index contributed by atoms with van der Waals surface area (Å²) in [5, 5.41) is 6.21. The Hall–Kier alpha value is -3.24. The third-order valence-electron chi connectivity index (χ3n) is 4.07. The first-order valence-corrected chi connectivity index (χ1v) is 9.86. The molecule has 0 saturated carbocycles. The lowest BCUT2D eigenvalue weighted by Gasteiger charge is -2.15. The van der Waals surface area contributed by atoms with Gasteiger partial charge in [0.15, 0.2) is 10.2 Å². The monoisotopic (exact) mass is 444 g/mol. The second kappa shape index (κ2) is 10.5. The topological polar surface area (TPSA) is 106 Å². The molecular formula is C20H24N6O2S2. The summed E-state index contributed by atoms with van der Waals surface area (Å²) in [5.41, 5.74) is 15.1. The number of thiocarbonyl (C=S) groups is 2. The van der Waals surface area contributed by atoms with Crippen LogP contribution < -0.4 is 32.3 Å². The Morgan fingerprint density at radius 1 is 0.633 bits per heavy atom. The molecule has 158 valence electrons. The highest BCUT2D eigenvalue weighted by molar-refractivity contribution is 7.80. The SMILES string of the molecule is Cc1ccc(C)c(NC(=S)NNC(=O)C(=O)NNC(=S)Nc2cc(C)ccc2C)c1. The maximum absolute atomic E-state index is 11.9. The van der Waals surface area contributed by atoms with Crippen molar-refractivity contribution in [3.8, 4) is 0 Å². The van der Waals surface area contributed by atoms with E-state index in [1.807, 2.05) is 64.1 Å². The Labute approximate surface area is 186 Å². The molecule has 0 saturated heterocycles. The normalized spacial score (nSPS) is 9.87. The summed E-state index contributed by atoms with van der Waals surface area (Å²) >= 11 is 10.3. The first-order valence-electron chi connectivity index (χ1n) is 9.04. The van der Waals surface area contributed by atoms with Crippen LogP contribution in [0.5, 0.6) is 0 Å². The van der Waals surface area contributed by atoms with Gasteiger partial charge in [-0.15, -0.1) is 0 Å². The van der Waals surface area contributed by atoms with Crippen molar-refractivity contribution in [1.82, 2.24) is 21.7 Å². The minimum Gasteiger partial charge on any atom is -0.331 e. The van der Waals surface area contributed by atoms with E-state index in [1.54, 1.807) is 0 Å². The average Bonchev–Trinajstić information content (AvgIpc) is 2.69. The molecule has 0 aliphatic heterocycles. The summed E-state index contributed by atoms with van der Waals surface area (Å²) in [7, 11) is 0. The van der Waals surface area contributed by atoms with E-state index >= 15 is 0 Å². The number of hydrogen-bond acceptors (Lipinski definition) is 4. The van der Waals surface area contributed by atoms with E-state index in [-0.39, 0.29) is 10.2 Å². The number of anilines is 2. The molecule has 2 aromatic carbocycles. The smallest absolute Gasteiger partial charge is 0.329 e. The molecule has 0 fully saturated rings. The molecule has 30 heavy (non-hydrogen) atoms. The van der Waals surface area contributed by atoms with Crippen molar-refractivity contribution >= 4 is 57.8 Å². The second-order valence-electron chi connectivity index (χ2n) is 6.70. The van der Waals surface area contributed by atoms with Crippen LogP contribution in [0.25, 0.3) is 0 Å². The molecule has 2 rings (SSSR count). The Morgan fingerprint density at radius 3 is 1.37 bits per heavy atom. The molecule has 0 aliphatic rings. The van der Waals surface area contributed by atoms with Gasteiger partial charge in [-0.2, -0.15) is 0 Å². The van der Waals surface area contributed by atoms with Gasteiger partial charge in [-0.05, 0) is 86.5 Å². The van der Waals surface area contributed by atoms with Crippen LogP contribution >= 0.6 is 24.4 Å². The molecule has 0 unspecified atom stereocenters. The first kappa shape index (κ1) is 23.0. The summed E-state index contributed by atoms with van der Waals surface area (Å²) in [6, 6.07) is 11.7. The fourth-order valence-electron chi connectivity index (χ4n) is 2.39. The van der Waals surface area contributed by atoms with E-state index < -0.39 is 11.8 Å². The average molecular weight is 445 g/mol. The van der Waals surface area contributed by atoms with Gasteiger partial charge in [-0.3, -0.25) is 31.3 Å². The van der Waals surface area contributed by atoms with Crippen molar-refractivity contribution in [3.63, 3.8) is 0 Å². The minimum absolute atomic E-state index is 0.143. The van der Waals surface area contributed by atoms with Gasteiger partial charge in [0.2, 0.25) is 0 Å². The van der Waals surface area contributed by atoms with E-state index in [9.17, 15) is 9.59 Å². The van der Waals surface area contributed by atoms with E-state index in [4.69, 9.17) is 24.4 Å². The van der Waals surface area contributed by atoms with Crippen LogP contribution in [0.3, 0.4) is 0 Å². The number of amides is 2. The summed E-state index contributed by atoms with van der Waals surface area (Å²) in [6.07, 6.45) is 0. The van der Waals surface area contributed by atoms with Gasteiger partial charge in [0, 0.05) is 11.4 Å². The number of nitrogens with one attached hydrogen (secondary N) is 6. The maximum Gasteiger partial charge on any atom is 0.329 e. The third-order valence-corrected chi connectivity index (χ3v) is 4.48. The van der Waals surface area contributed by atoms with Crippen molar-refractivity contribution in [2.45, 2.75) is 27.7 Å². The van der Waals surface area contributed by atoms with Crippen LogP contribution in [0.4, 0.5) is 11.4 Å².